The molecule has 0 aliphatic rings. The summed E-state index contributed by atoms with van der Waals surface area (Å²) in [6.07, 6.45) is 1.22. The van der Waals surface area contributed by atoms with Crippen LogP contribution >= 0.6 is 11.3 Å². The van der Waals surface area contributed by atoms with Gasteiger partial charge in [-0.1, -0.05) is 54.6 Å². The maximum atomic E-state index is 13.3. The van der Waals surface area contributed by atoms with Gasteiger partial charge in [-0.3, -0.25) is 4.90 Å². The largest absolute Gasteiger partial charge is 0.416 e. The molecule has 0 aliphatic heterocycles. The first-order valence-electron chi connectivity index (χ1n) is 12.6. The second kappa shape index (κ2) is 11.4. The number of ether oxygens (including phenoxy) is 1. The molecular formula is C31H30N4O2S. The molecule has 2 heterocycles. The Morgan fingerprint density at radius 1 is 0.921 bits per heavy atom. The predicted molar refractivity (Wildman–Crippen MR) is 155 cm³/mol. The number of benzene rings is 3. The van der Waals surface area contributed by atoms with Gasteiger partial charge in [0.1, 0.15) is 12.1 Å². The Hall–Kier alpha value is -4.23. The van der Waals surface area contributed by atoms with Crippen LogP contribution in [0, 0.1) is 6.92 Å². The van der Waals surface area contributed by atoms with Crippen molar-refractivity contribution in [2.45, 2.75) is 39.9 Å². The van der Waals surface area contributed by atoms with Crippen molar-refractivity contribution >= 4 is 34.2 Å². The molecule has 7 heteroatoms. The lowest BCUT2D eigenvalue weighted by atomic mass is 10.0. The smallest absolute Gasteiger partial charge is 0.399 e. The Morgan fingerprint density at radius 2 is 1.68 bits per heavy atom. The molecule has 0 unspecified atom stereocenters. The molecule has 5 aromatic rings. The Kier molecular flexibility index (Phi) is 7.65. The Balaban J connectivity index is 1.43. The van der Waals surface area contributed by atoms with Gasteiger partial charge in [-0.2, -0.15) is 0 Å². The molecule has 0 spiro atoms. The summed E-state index contributed by atoms with van der Waals surface area (Å²) < 4.78 is 5.78. The topological polar surface area (TPSA) is 67.3 Å². The third-order valence-electron chi connectivity index (χ3n) is 6.16. The van der Waals surface area contributed by atoms with Gasteiger partial charge in [-0.25, -0.2) is 14.8 Å². The van der Waals surface area contributed by atoms with E-state index in [4.69, 9.17) is 4.74 Å². The van der Waals surface area contributed by atoms with Gasteiger partial charge in [-0.15, -0.1) is 11.3 Å². The van der Waals surface area contributed by atoms with Crippen molar-refractivity contribution < 1.29 is 9.53 Å². The monoisotopic (exact) mass is 522 g/mol. The van der Waals surface area contributed by atoms with Gasteiger partial charge >= 0.3 is 6.09 Å². The highest BCUT2D eigenvalue weighted by molar-refractivity contribution is 7.12. The van der Waals surface area contributed by atoms with E-state index in [0.29, 0.717) is 18.2 Å². The van der Waals surface area contributed by atoms with Gasteiger partial charge in [0, 0.05) is 30.1 Å². The fraction of sp³-hybridized carbons (Fsp3) is 0.194. The normalized spacial score (nSPS) is 11.1. The van der Waals surface area contributed by atoms with E-state index in [1.807, 2.05) is 66.9 Å². The number of carbonyl (C=O) groups excluding carboxylic acids is 1. The van der Waals surface area contributed by atoms with E-state index in [9.17, 15) is 4.79 Å². The number of nitrogens with zero attached hydrogens (tertiary/aromatic N) is 3. The fourth-order valence-electron chi connectivity index (χ4n) is 4.29. The first-order valence-corrected chi connectivity index (χ1v) is 13.5. The summed E-state index contributed by atoms with van der Waals surface area (Å²) in [7, 11) is 0. The van der Waals surface area contributed by atoms with Crippen LogP contribution in [0.4, 0.5) is 10.6 Å². The molecule has 6 nitrogen and oxygen atoms in total. The minimum Gasteiger partial charge on any atom is -0.399 e. The van der Waals surface area contributed by atoms with Gasteiger partial charge in [0.05, 0.1) is 5.52 Å². The number of hydrogen-bond donors (Lipinski definition) is 1. The van der Waals surface area contributed by atoms with Crippen LogP contribution in [-0.4, -0.2) is 27.0 Å². The lowest BCUT2D eigenvalue weighted by molar-refractivity contribution is 0.147. The third kappa shape index (κ3) is 6.01. The van der Waals surface area contributed by atoms with Crippen molar-refractivity contribution in [3.63, 3.8) is 0 Å². The number of carbonyl (C=O) groups is 1. The van der Waals surface area contributed by atoms with Gasteiger partial charge in [0.2, 0.25) is 0 Å². The zero-order valence-corrected chi connectivity index (χ0v) is 22.5. The zero-order chi connectivity index (χ0) is 26.5. The summed E-state index contributed by atoms with van der Waals surface area (Å²) in [5.41, 5.74) is 6.03. The number of hydrogen-bond acceptors (Lipinski definition) is 6. The summed E-state index contributed by atoms with van der Waals surface area (Å²) in [5, 5.41) is 6.95. The van der Waals surface area contributed by atoms with E-state index in [-0.39, 0.29) is 12.1 Å². The first-order chi connectivity index (χ1) is 18.5. The average molecular weight is 523 g/mol. The molecule has 0 saturated carbocycles. The molecule has 192 valence electrons. The van der Waals surface area contributed by atoms with Crippen LogP contribution in [0.1, 0.15) is 30.5 Å². The highest BCUT2D eigenvalue weighted by Gasteiger charge is 2.19. The Morgan fingerprint density at radius 3 is 2.45 bits per heavy atom. The van der Waals surface area contributed by atoms with Crippen molar-refractivity contribution in [3.05, 3.63) is 107 Å². The number of nitrogens with one attached hydrogen (secondary N) is 1. The summed E-state index contributed by atoms with van der Waals surface area (Å²) in [5.74, 6) is 0.823. The Bertz CT molecular complexity index is 1550. The Labute approximate surface area is 227 Å². The van der Waals surface area contributed by atoms with Crippen LogP contribution in [0.5, 0.6) is 5.06 Å². The predicted octanol–water partition coefficient (Wildman–Crippen LogP) is 7.69. The SMILES string of the molecule is Cc1ccsc1OC(=O)N(Cc1ccccc1)Cc1cccc(-c2ccc3ncnc(NC(C)C)c3c2)c1. The maximum absolute atomic E-state index is 13.3. The van der Waals surface area contributed by atoms with Gasteiger partial charge in [0.15, 0.2) is 5.06 Å². The molecule has 3 aromatic carbocycles. The molecule has 0 aliphatic carbocycles. The highest BCUT2D eigenvalue weighted by atomic mass is 32.1. The van der Waals surface area contributed by atoms with Crippen LogP contribution in [0.25, 0.3) is 22.0 Å². The zero-order valence-electron chi connectivity index (χ0n) is 21.7. The maximum Gasteiger partial charge on any atom is 0.416 e. The van der Waals surface area contributed by atoms with Crippen molar-refractivity contribution in [1.82, 2.24) is 14.9 Å². The van der Waals surface area contributed by atoms with Gasteiger partial charge in [-0.05, 0) is 72.7 Å². The van der Waals surface area contributed by atoms with Crippen LogP contribution in [-0.2, 0) is 13.1 Å². The highest BCUT2D eigenvalue weighted by Crippen LogP contribution is 2.29. The standard InChI is InChI=1S/C31H30N4O2S/c1-21(2)34-29-27-17-26(12-13-28(27)32-20-33-29)25-11-7-10-24(16-25)19-35(18-23-8-5-4-6-9-23)31(36)37-30-22(3)14-15-38-30/h4-17,20-21H,18-19H2,1-3H3,(H,32,33,34). The molecular weight excluding hydrogens is 492 g/mol. The fourth-order valence-corrected chi connectivity index (χ4v) is 5.06. The molecule has 2 aromatic heterocycles. The molecule has 0 radical (unpaired) electrons. The first kappa shape index (κ1) is 25.4. The molecule has 0 bridgehead atoms. The van der Waals surface area contributed by atoms with Crippen molar-refractivity contribution in [3.8, 4) is 16.2 Å². The molecule has 0 saturated heterocycles. The lowest BCUT2D eigenvalue weighted by Gasteiger charge is -2.22. The average Bonchev–Trinajstić information content (AvgIpc) is 3.32. The van der Waals surface area contributed by atoms with Crippen LogP contribution in [0.3, 0.4) is 0 Å². The third-order valence-corrected chi connectivity index (χ3v) is 7.06. The summed E-state index contributed by atoms with van der Waals surface area (Å²) in [4.78, 5) is 23.9. The second-order valence-corrected chi connectivity index (χ2v) is 10.4. The van der Waals surface area contributed by atoms with Gasteiger partial charge < -0.3 is 10.1 Å². The van der Waals surface area contributed by atoms with E-state index in [2.05, 4.69) is 53.4 Å². The number of fused-ring (bicyclic) bond motifs is 1. The van der Waals surface area contributed by atoms with Crippen LogP contribution in [0.2, 0.25) is 0 Å². The van der Waals surface area contributed by atoms with E-state index in [0.717, 1.165) is 44.5 Å². The molecule has 0 atom stereocenters. The number of thiophene rings is 1. The van der Waals surface area contributed by atoms with Crippen molar-refractivity contribution in [1.29, 1.82) is 0 Å². The second-order valence-electron chi connectivity index (χ2n) is 9.55. The summed E-state index contributed by atoms with van der Waals surface area (Å²) >= 11 is 1.43. The number of rotatable bonds is 8. The molecule has 5 rings (SSSR count). The number of amides is 1. The molecule has 38 heavy (non-hydrogen) atoms. The van der Waals surface area contributed by atoms with Gasteiger partial charge in [0.25, 0.3) is 0 Å². The summed E-state index contributed by atoms with van der Waals surface area (Å²) in [6.45, 7) is 7.00. The number of aromatic nitrogens is 2. The minimum absolute atomic E-state index is 0.258. The lowest BCUT2D eigenvalue weighted by Crippen LogP contribution is -2.32. The molecule has 0 fully saturated rings. The quantitative estimate of drug-likeness (QED) is 0.226. The van der Waals surface area contributed by atoms with E-state index in [1.165, 1.54) is 11.3 Å². The minimum atomic E-state index is -0.364. The van der Waals surface area contributed by atoms with Crippen LogP contribution in [0.15, 0.2) is 90.6 Å². The number of aryl methyl sites for hydroxylation is 1. The van der Waals surface area contributed by atoms with Crippen molar-refractivity contribution in [2.24, 2.45) is 0 Å². The van der Waals surface area contributed by atoms with E-state index < -0.39 is 0 Å². The number of anilines is 1. The van der Waals surface area contributed by atoms with E-state index >= 15 is 0 Å². The van der Waals surface area contributed by atoms with Crippen molar-refractivity contribution in [2.75, 3.05) is 5.32 Å². The van der Waals surface area contributed by atoms with Crippen LogP contribution < -0.4 is 10.1 Å². The summed E-state index contributed by atoms with van der Waals surface area (Å²) in [6, 6.07) is 26.7. The molecule has 1 N–H and O–H groups in total. The molecule has 1 amide bonds. The van der Waals surface area contributed by atoms with E-state index in [1.54, 1.807) is 11.2 Å².